The maximum absolute atomic E-state index is 3.42. The van der Waals surface area contributed by atoms with Crippen LogP contribution in [0.25, 0.3) is 0 Å². The maximum Gasteiger partial charge on any atom is -0.00207 e. The van der Waals surface area contributed by atoms with Gasteiger partial charge in [-0.05, 0) is 60.2 Å². The Balaban J connectivity index is 2.20. The summed E-state index contributed by atoms with van der Waals surface area (Å²) in [5.74, 6) is 1.59. The van der Waals surface area contributed by atoms with Crippen LogP contribution in [0.15, 0.2) is 16.8 Å². The molecule has 2 heteroatoms. The third-order valence-electron chi connectivity index (χ3n) is 3.16. The molecule has 0 spiro atoms. The van der Waals surface area contributed by atoms with Crippen LogP contribution in [0.4, 0.5) is 0 Å². The molecule has 0 aliphatic heterocycles. The van der Waals surface area contributed by atoms with Gasteiger partial charge in [0.05, 0.1) is 0 Å². The highest BCUT2D eigenvalue weighted by atomic mass is 32.1. The zero-order valence-electron chi connectivity index (χ0n) is 10.1. The Morgan fingerprint density at radius 2 is 2.13 bits per heavy atom. The summed E-state index contributed by atoms with van der Waals surface area (Å²) in [5, 5.41) is 7.86. The standard InChI is InChI=1S/C13H23NS/c1-4-14-9-12(3)11(2)5-6-13-7-8-15-10-13/h7-8,10-12,14H,4-6,9H2,1-3H3. The number of hydrogen-bond donors (Lipinski definition) is 1. The summed E-state index contributed by atoms with van der Waals surface area (Å²) in [6.07, 6.45) is 2.55. The van der Waals surface area contributed by atoms with E-state index in [4.69, 9.17) is 0 Å². The molecule has 0 fully saturated rings. The van der Waals surface area contributed by atoms with E-state index in [0.717, 1.165) is 24.9 Å². The molecule has 0 aliphatic carbocycles. The molecular formula is C13H23NS. The predicted molar refractivity (Wildman–Crippen MR) is 69.5 cm³/mol. The summed E-state index contributed by atoms with van der Waals surface area (Å²) >= 11 is 1.80. The maximum atomic E-state index is 3.42. The van der Waals surface area contributed by atoms with Crippen LogP contribution in [-0.2, 0) is 6.42 Å². The summed E-state index contributed by atoms with van der Waals surface area (Å²) in [4.78, 5) is 0. The minimum Gasteiger partial charge on any atom is -0.317 e. The summed E-state index contributed by atoms with van der Waals surface area (Å²) in [6, 6.07) is 2.24. The Kier molecular flexibility index (Phi) is 5.96. The van der Waals surface area contributed by atoms with Crippen LogP contribution in [0.2, 0.25) is 0 Å². The third kappa shape index (κ3) is 4.80. The molecule has 15 heavy (non-hydrogen) atoms. The van der Waals surface area contributed by atoms with Crippen molar-refractivity contribution in [2.24, 2.45) is 11.8 Å². The average Bonchev–Trinajstić information content (AvgIpc) is 2.75. The normalized spacial score (nSPS) is 15.1. The lowest BCUT2D eigenvalue weighted by molar-refractivity contribution is 0.350. The highest BCUT2D eigenvalue weighted by Gasteiger charge is 2.11. The number of thiophene rings is 1. The van der Waals surface area contributed by atoms with Crippen molar-refractivity contribution in [2.75, 3.05) is 13.1 Å². The first-order valence-electron chi connectivity index (χ1n) is 5.95. The molecule has 0 bridgehead atoms. The predicted octanol–water partition coefficient (Wildman–Crippen LogP) is 3.56. The van der Waals surface area contributed by atoms with E-state index in [0.29, 0.717) is 0 Å². The molecule has 1 N–H and O–H groups in total. The second-order valence-corrected chi connectivity index (χ2v) is 5.21. The second kappa shape index (κ2) is 7.02. The van der Waals surface area contributed by atoms with E-state index < -0.39 is 0 Å². The molecule has 0 radical (unpaired) electrons. The third-order valence-corrected chi connectivity index (χ3v) is 3.89. The topological polar surface area (TPSA) is 12.0 Å². The van der Waals surface area contributed by atoms with Gasteiger partial charge in [-0.3, -0.25) is 0 Å². The summed E-state index contributed by atoms with van der Waals surface area (Å²) < 4.78 is 0. The van der Waals surface area contributed by atoms with Crippen LogP contribution in [-0.4, -0.2) is 13.1 Å². The fourth-order valence-electron chi connectivity index (χ4n) is 1.69. The summed E-state index contributed by atoms with van der Waals surface area (Å²) in [7, 11) is 0. The SMILES string of the molecule is CCNCC(C)C(C)CCc1ccsc1. The van der Waals surface area contributed by atoms with Crippen molar-refractivity contribution in [2.45, 2.75) is 33.6 Å². The van der Waals surface area contributed by atoms with Gasteiger partial charge in [0, 0.05) is 0 Å². The van der Waals surface area contributed by atoms with E-state index >= 15 is 0 Å². The van der Waals surface area contributed by atoms with Gasteiger partial charge in [0.15, 0.2) is 0 Å². The largest absolute Gasteiger partial charge is 0.317 e. The van der Waals surface area contributed by atoms with Crippen LogP contribution in [0.5, 0.6) is 0 Å². The van der Waals surface area contributed by atoms with Crippen molar-refractivity contribution in [1.82, 2.24) is 5.32 Å². The van der Waals surface area contributed by atoms with Crippen LogP contribution in [0, 0.1) is 11.8 Å². The van der Waals surface area contributed by atoms with Gasteiger partial charge in [0.25, 0.3) is 0 Å². The monoisotopic (exact) mass is 225 g/mol. The fourth-order valence-corrected chi connectivity index (χ4v) is 2.39. The van der Waals surface area contributed by atoms with Crippen LogP contribution >= 0.6 is 11.3 Å². The van der Waals surface area contributed by atoms with E-state index in [1.165, 1.54) is 18.4 Å². The van der Waals surface area contributed by atoms with E-state index in [2.05, 4.69) is 42.9 Å². The fraction of sp³-hybridized carbons (Fsp3) is 0.692. The van der Waals surface area contributed by atoms with Crippen molar-refractivity contribution in [3.05, 3.63) is 22.4 Å². The Bertz CT molecular complexity index is 243. The van der Waals surface area contributed by atoms with Crippen molar-refractivity contribution < 1.29 is 0 Å². The molecule has 0 amide bonds. The second-order valence-electron chi connectivity index (χ2n) is 4.43. The zero-order chi connectivity index (χ0) is 11.1. The lowest BCUT2D eigenvalue weighted by Gasteiger charge is -2.19. The Morgan fingerprint density at radius 3 is 2.73 bits per heavy atom. The van der Waals surface area contributed by atoms with Crippen molar-refractivity contribution in [3.8, 4) is 0 Å². The van der Waals surface area contributed by atoms with Crippen molar-refractivity contribution in [1.29, 1.82) is 0 Å². The Hall–Kier alpha value is -0.340. The highest BCUT2D eigenvalue weighted by molar-refractivity contribution is 7.07. The van der Waals surface area contributed by atoms with Gasteiger partial charge in [0.2, 0.25) is 0 Å². The van der Waals surface area contributed by atoms with Crippen LogP contribution in [0.1, 0.15) is 32.8 Å². The van der Waals surface area contributed by atoms with Crippen molar-refractivity contribution >= 4 is 11.3 Å². The molecule has 2 atom stereocenters. The molecule has 1 aromatic heterocycles. The smallest absolute Gasteiger partial charge is 0.00207 e. The molecule has 0 saturated carbocycles. The lowest BCUT2D eigenvalue weighted by atomic mass is 9.90. The first-order chi connectivity index (χ1) is 7.24. The molecule has 0 saturated heterocycles. The minimum atomic E-state index is 0.781. The van der Waals surface area contributed by atoms with Gasteiger partial charge in [-0.15, -0.1) is 0 Å². The molecular weight excluding hydrogens is 202 g/mol. The number of aryl methyl sites for hydroxylation is 1. The first kappa shape index (κ1) is 12.7. The van der Waals surface area contributed by atoms with Gasteiger partial charge in [-0.2, -0.15) is 11.3 Å². The van der Waals surface area contributed by atoms with Crippen molar-refractivity contribution in [3.63, 3.8) is 0 Å². The zero-order valence-corrected chi connectivity index (χ0v) is 10.9. The Labute approximate surface area is 97.9 Å². The number of rotatable bonds is 7. The van der Waals surface area contributed by atoms with E-state index in [9.17, 15) is 0 Å². The average molecular weight is 225 g/mol. The Morgan fingerprint density at radius 1 is 1.33 bits per heavy atom. The lowest BCUT2D eigenvalue weighted by Crippen LogP contribution is -2.25. The van der Waals surface area contributed by atoms with Gasteiger partial charge in [-0.25, -0.2) is 0 Å². The van der Waals surface area contributed by atoms with Gasteiger partial charge >= 0.3 is 0 Å². The molecule has 0 aliphatic rings. The van der Waals surface area contributed by atoms with E-state index in [1.807, 2.05) is 0 Å². The molecule has 86 valence electrons. The van der Waals surface area contributed by atoms with Crippen LogP contribution < -0.4 is 5.32 Å². The molecule has 1 nitrogen and oxygen atoms in total. The minimum absolute atomic E-state index is 0.781. The molecule has 1 heterocycles. The summed E-state index contributed by atoms with van der Waals surface area (Å²) in [5.41, 5.74) is 1.50. The molecule has 1 rings (SSSR count). The number of nitrogens with one attached hydrogen (secondary N) is 1. The quantitative estimate of drug-likeness (QED) is 0.748. The van der Waals surface area contributed by atoms with Gasteiger partial charge < -0.3 is 5.32 Å². The first-order valence-corrected chi connectivity index (χ1v) is 6.90. The van der Waals surface area contributed by atoms with E-state index in [1.54, 1.807) is 11.3 Å². The van der Waals surface area contributed by atoms with Gasteiger partial charge in [-0.1, -0.05) is 20.8 Å². The number of hydrogen-bond acceptors (Lipinski definition) is 2. The van der Waals surface area contributed by atoms with Gasteiger partial charge in [0.1, 0.15) is 0 Å². The van der Waals surface area contributed by atoms with E-state index in [-0.39, 0.29) is 0 Å². The van der Waals surface area contributed by atoms with Crippen LogP contribution in [0.3, 0.4) is 0 Å². The highest BCUT2D eigenvalue weighted by Crippen LogP contribution is 2.18. The molecule has 1 aromatic rings. The summed E-state index contributed by atoms with van der Waals surface area (Å²) in [6.45, 7) is 9.13. The molecule has 2 unspecified atom stereocenters. The molecule has 0 aromatic carbocycles.